The second-order valence-corrected chi connectivity index (χ2v) is 5.69. The maximum absolute atomic E-state index is 12.2. The molecule has 2 nitrogen and oxygen atoms in total. The summed E-state index contributed by atoms with van der Waals surface area (Å²) in [6, 6.07) is 5.63. The SMILES string of the molecule is CCCN(CCC(=O)c1cccc(Cl)c1Cl)C(C)C. The highest BCUT2D eigenvalue weighted by atomic mass is 35.5. The van der Waals surface area contributed by atoms with Crippen LogP contribution in [0.2, 0.25) is 10.0 Å². The van der Waals surface area contributed by atoms with Crippen LogP contribution in [0.15, 0.2) is 18.2 Å². The minimum atomic E-state index is 0.0502. The molecule has 0 saturated carbocycles. The van der Waals surface area contributed by atoms with Gasteiger partial charge < -0.3 is 4.90 Å². The van der Waals surface area contributed by atoms with Crippen LogP contribution in [0.25, 0.3) is 0 Å². The van der Waals surface area contributed by atoms with Gasteiger partial charge in [-0.05, 0) is 38.9 Å². The van der Waals surface area contributed by atoms with Crippen LogP contribution in [-0.4, -0.2) is 29.8 Å². The van der Waals surface area contributed by atoms with E-state index in [0.717, 1.165) is 19.5 Å². The van der Waals surface area contributed by atoms with E-state index < -0.39 is 0 Å². The standard InChI is InChI=1S/C15H21Cl2NO/c1-4-9-18(11(2)3)10-8-14(19)12-6-5-7-13(16)15(12)17/h5-7,11H,4,8-10H2,1-3H3. The molecule has 0 fully saturated rings. The highest BCUT2D eigenvalue weighted by Gasteiger charge is 2.15. The first kappa shape index (κ1) is 16.5. The third-order valence-electron chi connectivity index (χ3n) is 3.12. The molecule has 0 heterocycles. The minimum absolute atomic E-state index is 0.0502. The van der Waals surface area contributed by atoms with Crippen molar-refractivity contribution in [3.05, 3.63) is 33.8 Å². The molecule has 0 saturated heterocycles. The Morgan fingerprint density at radius 1 is 1.26 bits per heavy atom. The minimum Gasteiger partial charge on any atom is -0.300 e. The number of rotatable bonds is 7. The van der Waals surface area contributed by atoms with Gasteiger partial charge in [0.15, 0.2) is 5.78 Å². The first-order chi connectivity index (χ1) is 8.97. The second-order valence-electron chi connectivity index (χ2n) is 4.90. The summed E-state index contributed by atoms with van der Waals surface area (Å²) in [6.45, 7) is 8.20. The average Bonchev–Trinajstić information content (AvgIpc) is 2.37. The predicted molar refractivity (Wildman–Crippen MR) is 82.4 cm³/mol. The smallest absolute Gasteiger partial charge is 0.165 e. The molecule has 4 heteroatoms. The average molecular weight is 302 g/mol. The molecule has 1 aromatic rings. The number of carbonyl (C=O) groups is 1. The summed E-state index contributed by atoms with van der Waals surface area (Å²) in [5.41, 5.74) is 0.523. The van der Waals surface area contributed by atoms with Crippen LogP contribution in [0.4, 0.5) is 0 Å². The lowest BCUT2D eigenvalue weighted by molar-refractivity contribution is 0.0956. The highest BCUT2D eigenvalue weighted by molar-refractivity contribution is 6.43. The number of ketones is 1. The zero-order valence-corrected chi connectivity index (χ0v) is 13.3. The van der Waals surface area contributed by atoms with E-state index >= 15 is 0 Å². The van der Waals surface area contributed by atoms with Crippen LogP contribution >= 0.6 is 23.2 Å². The summed E-state index contributed by atoms with van der Waals surface area (Å²) in [4.78, 5) is 14.5. The van der Waals surface area contributed by atoms with Crippen LogP contribution in [0, 0.1) is 0 Å². The van der Waals surface area contributed by atoms with E-state index in [0.29, 0.717) is 28.1 Å². The molecule has 0 aliphatic rings. The fraction of sp³-hybridized carbons (Fsp3) is 0.533. The quantitative estimate of drug-likeness (QED) is 0.681. The van der Waals surface area contributed by atoms with Gasteiger partial charge in [-0.2, -0.15) is 0 Å². The third-order valence-corrected chi connectivity index (χ3v) is 3.94. The summed E-state index contributed by atoms with van der Waals surface area (Å²) in [7, 11) is 0. The van der Waals surface area contributed by atoms with E-state index in [4.69, 9.17) is 23.2 Å². The predicted octanol–water partition coefficient (Wildman–Crippen LogP) is 4.69. The Morgan fingerprint density at radius 3 is 2.53 bits per heavy atom. The monoisotopic (exact) mass is 301 g/mol. The summed E-state index contributed by atoms with van der Waals surface area (Å²) < 4.78 is 0. The molecule has 0 spiro atoms. The van der Waals surface area contributed by atoms with Gasteiger partial charge in [-0.25, -0.2) is 0 Å². The van der Waals surface area contributed by atoms with Gasteiger partial charge in [-0.15, -0.1) is 0 Å². The summed E-state index contributed by atoms with van der Waals surface area (Å²) >= 11 is 12.0. The molecule has 0 atom stereocenters. The lowest BCUT2D eigenvalue weighted by Gasteiger charge is -2.25. The van der Waals surface area contributed by atoms with Crippen LogP contribution in [0.1, 0.15) is 44.0 Å². The Balaban J connectivity index is 2.67. The van der Waals surface area contributed by atoms with Gasteiger partial charge in [0.2, 0.25) is 0 Å². The number of nitrogens with zero attached hydrogens (tertiary/aromatic N) is 1. The van der Waals surface area contributed by atoms with E-state index in [1.807, 2.05) is 0 Å². The van der Waals surface area contributed by atoms with Crippen LogP contribution in [0.5, 0.6) is 0 Å². The summed E-state index contributed by atoms with van der Waals surface area (Å²) in [6.07, 6.45) is 1.56. The molecule has 0 amide bonds. The zero-order chi connectivity index (χ0) is 14.4. The third kappa shape index (κ3) is 4.79. The molecule has 106 valence electrons. The van der Waals surface area contributed by atoms with E-state index in [1.54, 1.807) is 18.2 Å². The highest BCUT2D eigenvalue weighted by Crippen LogP contribution is 2.26. The zero-order valence-electron chi connectivity index (χ0n) is 11.7. The van der Waals surface area contributed by atoms with Crippen molar-refractivity contribution in [3.63, 3.8) is 0 Å². The van der Waals surface area contributed by atoms with E-state index in [1.165, 1.54) is 0 Å². The van der Waals surface area contributed by atoms with Gasteiger partial charge in [0.25, 0.3) is 0 Å². The normalized spacial score (nSPS) is 11.3. The van der Waals surface area contributed by atoms with E-state index in [-0.39, 0.29) is 5.78 Å². The fourth-order valence-corrected chi connectivity index (χ4v) is 2.42. The first-order valence-electron chi connectivity index (χ1n) is 6.68. The summed E-state index contributed by atoms with van der Waals surface area (Å²) in [5.74, 6) is 0.0502. The van der Waals surface area contributed by atoms with Gasteiger partial charge in [-0.3, -0.25) is 4.79 Å². The first-order valence-corrected chi connectivity index (χ1v) is 7.44. The van der Waals surface area contributed by atoms with Crippen LogP contribution < -0.4 is 0 Å². The number of halogens is 2. The van der Waals surface area contributed by atoms with Gasteiger partial charge in [0.05, 0.1) is 10.0 Å². The second kappa shape index (κ2) is 7.88. The number of Topliss-reactive ketones (excluding diaryl/α,β-unsaturated/α-hetero) is 1. The molecule has 0 N–H and O–H groups in total. The molecule has 0 aliphatic heterocycles. The maximum Gasteiger partial charge on any atom is 0.165 e. The van der Waals surface area contributed by atoms with Crippen molar-refractivity contribution < 1.29 is 4.79 Å². The Kier molecular flexibility index (Phi) is 6.84. The largest absolute Gasteiger partial charge is 0.300 e. The van der Waals surface area contributed by atoms with Crippen molar-refractivity contribution in [2.24, 2.45) is 0 Å². The van der Waals surface area contributed by atoms with E-state index in [2.05, 4.69) is 25.7 Å². The lowest BCUT2D eigenvalue weighted by atomic mass is 10.1. The number of carbonyl (C=O) groups excluding carboxylic acids is 1. The van der Waals surface area contributed by atoms with Crippen LogP contribution in [-0.2, 0) is 0 Å². The Bertz CT molecular complexity index is 432. The van der Waals surface area contributed by atoms with Crippen molar-refractivity contribution in [2.45, 2.75) is 39.7 Å². The van der Waals surface area contributed by atoms with Crippen molar-refractivity contribution in [3.8, 4) is 0 Å². The van der Waals surface area contributed by atoms with Crippen LogP contribution in [0.3, 0.4) is 0 Å². The van der Waals surface area contributed by atoms with Gasteiger partial charge in [0.1, 0.15) is 0 Å². The molecule has 0 unspecified atom stereocenters. The molecule has 0 aromatic heterocycles. The molecule has 1 aromatic carbocycles. The molecule has 1 rings (SSSR count). The van der Waals surface area contributed by atoms with Crippen molar-refractivity contribution >= 4 is 29.0 Å². The lowest BCUT2D eigenvalue weighted by Crippen LogP contribution is -2.33. The molecular formula is C15H21Cl2NO. The molecule has 0 bridgehead atoms. The summed E-state index contributed by atoms with van der Waals surface area (Å²) in [5, 5.41) is 0.794. The molecule has 0 radical (unpaired) electrons. The number of benzene rings is 1. The Labute approximate surface area is 125 Å². The Hall–Kier alpha value is -0.570. The number of hydrogen-bond donors (Lipinski definition) is 0. The maximum atomic E-state index is 12.2. The van der Waals surface area contributed by atoms with Crippen molar-refractivity contribution in [1.82, 2.24) is 4.90 Å². The van der Waals surface area contributed by atoms with Crippen molar-refractivity contribution in [1.29, 1.82) is 0 Å². The van der Waals surface area contributed by atoms with Crippen molar-refractivity contribution in [2.75, 3.05) is 13.1 Å². The molecular weight excluding hydrogens is 281 g/mol. The Morgan fingerprint density at radius 2 is 1.95 bits per heavy atom. The molecule has 0 aliphatic carbocycles. The topological polar surface area (TPSA) is 20.3 Å². The van der Waals surface area contributed by atoms with E-state index in [9.17, 15) is 4.79 Å². The van der Waals surface area contributed by atoms with Gasteiger partial charge in [0, 0.05) is 24.6 Å². The van der Waals surface area contributed by atoms with Gasteiger partial charge in [-0.1, -0.05) is 36.2 Å². The number of hydrogen-bond acceptors (Lipinski definition) is 2. The molecule has 19 heavy (non-hydrogen) atoms. The van der Waals surface area contributed by atoms with Gasteiger partial charge >= 0.3 is 0 Å². The fourth-order valence-electron chi connectivity index (χ4n) is 2.01.